The van der Waals surface area contributed by atoms with E-state index in [0.29, 0.717) is 16.4 Å². The molecule has 0 aromatic heterocycles. The SMILES string of the molecule is CC[C@H](C)[C@@H]1NC(=O)[C@@H]2CSSC[C@H](NC(=O)[C@H](CC(=O)O)NC(=O)[C@@H]3CSSC[C@H](NC1=O)C(=O)N[C@@H]([C@@H](C)O)C(=O)N[C@@H](CCCNC(=N)N)C(=O)NCC(=O)N[C@@H](Cc1ccccc1)C(=O)N3)C(=O)N[C@@H](CC(C)C)C(=O)N[C@H]1CSSC[C@H](NC(=O)[C@H](C(C)C)NC(=O)CNC(=O)[C@H](CCCNC(=N)N)NC(=O)[C@H](CCCNC(=N)N)NC1=O)C(=O)N[C@@H](CCCNC(=N)N)C(=O)N2. The quantitative estimate of drug-likeness (QED) is 0.0177. The van der Waals surface area contributed by atoms with Gasteiger partial charge in [0.15, 0.2) is 23.8 Å². The zero-order valence-corrected chi connectivity index (χ0v) is 81.7. The number of fused-ring (bicyclic) bond motifs is 15. The molecule has 18 amide bonds. The smallest absolute Gasteiger partial charge is 0.305 e. The largest absolute Gasteiger partial charge is 0.481 e. The van der Waals surface area contributed by atoms with Crippen molar-refractivity contribution in [3.8, 4) is 0 Å². The minimum Gasteiger partial charge on any atom is -0.481 e. The van der Waals surface area contributed by atoms with Crippen LogP contribution in [0.3, 0.4) is 0 Å². The number of benzene rings is 1. The second kappa shape index (κ2) is 60.1. The molecule has 0 unspecified atom stereocenters. The van der Waals surface area contributed by atoms with Gasteiger partial charge in [-0.15, -0.1) is 0 Å². The highest BCUT2D eigenvalue weighted by molar-refractivity contribution is 8.77. The van der Waals surface area contributed by atoms with E-state index in [1.807, 2.05) is 0 Å². The van der Waals surface area contributed by atoms with Gasteiger partial charge in [-0.1, -0.05) is 143 Å². The standard InChI is InChI=1S/C80H130N30O21S6/c1-8-39(6)59-75(130)107-54-36-137-134-33-51(104-66(121)47(27-41-16-10-9-11-17-41)95-55(112)29-93-62(117)43(19-13-23-90-78(83)84)99-76(131)60(40(7)111)110-73(54)128)71(126)101-48(28-57(114)115)67(122)105-50-32-133-136-35-53(72(127)109-59)102-64(119)45(21-15-25-92-80(87)88)98-69(124)52-34-135-132-31-49(103-65(120)46(26-37(2)3)100-70(50)125)68(123)97-44(20-14-24-91-79(85)86)63(118)96-42(18-12-22-89-77(81)82)61(116)94-30-56(113)108-58(38(4)5)74(129)106-52/h9-11,16-17,37-40,42-54,58-60,111H,8,12-15,18-36H2,1-7H3,(H,93,117)(H,94,116)(H,95,112)(H,96,118)(H,97,123)(H,98,124)(H,99,131)(H,100,125)(H,101,126)(H,102,119)(H,103,120)(H,104,121)(H,105,122)(H,106,129)(H,107,130)(H,108,113)(H,109,127)(H,110,128)(H,114,115)(H4,81,82,89)(H4,83,84,90)(H4,85,86,91)(H4,87,88,92)/t39-,40+,42-,43-,44-,45-,46-,47-,48-,49-,50-,51-,52-,53-,54-,58-,59-,60-/m0/s1. The van der Waals surface area contributed by atoms with Crippen molar-refractivity contribution in [1.29, 1.82) is 21.6 Å². The molecule has 18 atom stereocenters. The van der Waals surface area contributed by atoms with Gasteiger partial charge in [-0.05, 0) is 88.0 Å². The number of amides is 18. The Hall–Kier alpha value is -11.7. The van der Waals surface area contributed by atoms with Crippen LogP contribution in [0.5, 0.6) is 0 Å². The number of rotatable bonds is 26. The number of nitrogens with one attached hydrogen (secondary N) is 26. The van der Waals surface area contributed by atoms with Crippen molar-refractivity contribution in [3.63, 3.8) is 0 Å². The molecule has 4 saturated heterocycles. The summed E-state index contributed by atoms with van der Waals surface area (Å²) in [7, 11) is 4.50. The predicted octanol–water partition coefficient (Wildman–Crippen LogP) is -8.93. The van der Waals surface area contributed by atoms with Crippen LogP contribution < -0.4 is 140 Å². The predicted molar refractivity (Wildman–Crippen MR) is 516 cm³/mol. The topological polar surface area (TPSA) is 829 Å². The summed E-state index contributed by atoms with van der Waals surface area (Å²) >= 11 is 0. The number of carboxylic acid groups (broad SMARTS) is 1. The van der Waals surface area contributed by atoms with Crippen molar-refractivity contribution in [2.45, 2.75) is 228 Å². The minimum absolute atomic E-state index is 0.00258. The van der Waals surface area contributed by atoms with E-state index in [1.165, 1.54) is 20.8 Å². The molecule has 5 rings (SSSR count). The second-order valence-corrected chi connectivity index (χ2v) is 40.9. The third-order valence-corrected chi connectivity index (χ3v) is 28.4. The lowest BCUT2D eigenvalue weighted by atomic mass is 9.97. The summed E-state index contributed by atoms with van der Waals surface area (Å²) in [5.41, 5.74) is 22.7. The molecule has 6 bridgehead atoms. The summed E-state index contributed by atoms with van der Waals surface area (Å²) in [4.78, 5) is 282. The lowest BCUT2D eigenvalue weighted by molar-refractivity contribution is -0.141. The Morgan fingerprint density at radius 2 is 0.657 bits per heavy atom. The zero-order valence-electron chi connectivity index (χ0n) is 76.8. The molecule has 4 fully saturated rings. The summed E-state index contributed by atoms with van der Waals surface area (Å²) in [6, 6.07) is -20.1. The summed E-state index contributed by atoms with van der Waals surface area (Å²) in [6.45, 7) is 8.73. The van der Waals surface area contributed by atoms with Gasteiger partial charge in [0.2, 0.25) is 106 Å². The number of nitrogens with two attached hydrogens (primary N) is 4. The van der Waals surface area contributed by atoms with Gasteiger partial charge in [-0.3, -0.25) is 113 Å². The molecule has 4 heterocycles. The number of aliphatic carboxylic acids is 1. The number of carbonyl (C=O) groups is 19. The molecule has 1 aromatic carbocycles. The molecule has 0 saturated carbocycles. The maximum absolute atomic E-state index is 15.6. The number of aliphatic hydroxyl groups is 1. The Kier molecular flexibility index (Phi) is 50.8. The van der Waals surface area contributed by atoms with Crippen molar-refractivity contribution < 1.29 is 101 Å². The van der Waals surface area contributed by atoms with Crippen LogP contribution in [0.2, 0.25) is 0 Å². The maximum atomic E-state index is 15.6. The first-order chi connectivity index (χ1) is 64.8. The molecule has 4 aliphatic rings. The zero-order chi connectivity index (χ0) is 102. The Labute approximate surface area is 814 Å². The number of hydrogen-bond donors (Lipinski definition) is 32. The van der Waals surface area contributed by atoms with Crippen LogP contribution in [0, 0.1) is 39.4 Å². The molecule has 0 spiro atoms. The Balaban J connectivity index is 1.84. The number of hydrogen-bond acceptors (Lipinski definition) is 30. The second-order valence-electron chi connectivity index (χ2n) is 33.2. The number of carboxylic acids is 1. The van der Waals surface area contributed by atoms with E-state index in [0.717, 1.165) is 60.9 Å². The van der Waals surface area contributed by atoms with Crippen LogP contribution in [-0.4, -0.2) is 323 Å². The Bertz CT molecular complexity index is 4420. The van der Waals surface area contributed by atoms with Gasteiger partial charge in [0.1, 0.15) is 96.7 Å². The molecule has 36 N–H and O–H groups in total. The van der Waals surface area contributed by atoms with E-state index in [2.05, 4.69) is 117 Å². The Morgan fingerprint density at radius 1 is 0.365 bits per heavy atom. The van der Waals surface area contributed by atoms with E-state index in [9.17, 15) is 48.6 Å². The van der Waals surface area contributed by atoms with Crippen molar-refractivity contribution in [2.24, 2.45) is 40.7 Å². The third kappa shape index (κ3) is 42.4. The van der Waals surface area contributed by atoms with Gasteiger partial charge in [0, 0.05) is 67.1 Å². The van der Waals surface area contributed by atoms with Gasteiger partial charge in [-0.2, -0.15) is 0 Å². The molecule has 0 aliphatic carbocycles. The molecule has 51 nitrogen and oxygen atoms in total. The Morgan fingerprint density at radius 3 is 1.01 bits per heavy atom. The first-order valence-corrected chi connectivity index (χ1v) is 51.7. The molecule has 0 radical (unpaired) electrons. The number of carbonyl (C=O) groups excluding carboxylic acids is 18. The first kappa shape index (κ1) is 116. The highest BCUT2D eigenvalue weighted by Crippen LogP contribution is 2.28. The number of aliphatic hydroxyl groups excluding tert-OH is 1. The van der Waals surface area contributed by atoms with E-state index in [1.54, 1.807) is 51.1 Å². The molecule has 4 aliphatic heterocycles. The fourth-order valence-electron chi connectivity index (χ4n) is 13.6. The maximum Gasteiger partial charge on any atom is 0.305 e. The van der Waals surface area contributed by atoms with Crippen LogP contribution in [0.1, 0.15) is 125 Å². The minimum atomic E-state index is -2.21. The molecular formula is C80H130N30O21S6. The fourth-order valence-corrected chi connectivity index (χ4v) is 20.6. The third-order valence-electron chi connectivity index (χ3n) is 21.2. The van der Waals surface area contributed by atoms with Gasteiger partial charge < -0.3 is 150 Å². The van der Waals surface area contributed by atoms with Crippen molar-refractivity contribution in [1.82, 2.24) is 117 Å². The van der Waals surface area contributed by atoms with Crippen LogP contribution >= 0.6 is 64.8 Å². The summed E-state index contributed by atoms with van der Waals surface area (Å²) < 4.78 is 0. The van der Waals surface area contributed by atoms with Crippen LogP contribution in [0.15, 0.2) is 30.3 Å². The van der Waals surface area contributed by atoms with Gasteiger partial charge >= 0.3 is 5.97 Å². The molecular weight excluding hydrogens is 1910 g/mol. The van der Waals surface area contributed by atoms with Crippen LogP contribution in [0.25, 0.3) is 0 Å². The van der Waals surface area contributed by atoms with E-state index >= 15 is 52.7 Å². The lowest BCUT2D eigenvalue weighted by Crippen LogP contribution is -2.63. The van der Waals surface area contributed by atoms with Crippen molar-refractivity contribution in [2.75, 3.05) is 73.8 Å². The van der Waals surface area contributed by atoms with E-state index in [4.69, 9.17) is 44.6 Å². The van der Waals surface area contributed by atoms with Crippen LogP contribution in [-0.2, 0) is 97.5 Å². The normalized spacial score (nSPS) is 26.4. The van der Waals surface area contributed by atoms with Crippen molar-refractivity contribution in [3.05, 3.63) is 35.9 Å². The summed E-state index contributed by atoms with van der Waals surface area (Å²) in [6.07, 6.45) is -4.64. The molecule has 1 aromatic rings. The van der Waals surface area contributed by atoms with Crippen LogP contribution in [0.4, 0.5) is 0 Å². The average molecular weight is 2040 g/mol. The van der Waals surface area contributed by atoms with Crippen molar-refractivity contribution >= 4 is 201 Å². The van der Waals surface area contributed by atoms with E-state index in [-0.39, 0.29) is 96.8 Å². The molecule has 57 heteroatoms. The molecule has 137 heavy (non-hydrogen) atoms. The van der Waals surface area contributed by atoms with Gasteiger partial charge in [0.25, 0.3) is 0 Å². The lowest BCUT2D eigenvalue weighted by Gasteiger charge is -2.30. The fraction of sp³-hybridized carbons (Fsp3) is 0.637. The van der Waals surface area contributed by atoms with E-state index < -0.39 is 311 Å². The summed E-state index contributed by atoms with van der Waals surface area (Å²) in [5, 5.41) is 109. The number of guanidine groups is 4. The van der Waals surface area contributed by atoms with Gasteiger partial charge in [-0.25, -0.2) is 0 Å². The van der Waals surface area contributed by atoms with Gasteiger partial charge in [0.05, 0.1) is 25.6 Å². The first-order valence-electron chi connectivity index (χ1n) is 44.2. The molecule has 762 valence electrons. The highest BCUT2D eigenvalue weighted by Gasteiger charge is 2.42. The monoisotopic (exact) mass is 2040 g/mol. The average Bonchev–Trinajstić information content (AvgIpc) is 0.847. The summed E-state index contributed by atoms with van der Waals surface area (Å²) in [5.74, 6) is -29.1. The highest BCUT2D eigenvalue weighted by atomic mass is 33.1.